The fourth-order valence-electron chi connectivity index (χ4n) is 1.98. The largest absolute Gasteiger partial charge is 0.756 e. The second-order valence-electron chi connectivity index (χ2n) is 7.11. The summed E-state index contributed by atoms with van der Waals surface area (Å²) in [5.41, 5.74) is 0. The first kappa shape index (κ1) is 33.4. The van der Waals surface area contributed by atoms with Gasteiger partial charge in [-0.3, -0.25) is 18.9 Å². The molecule has 0 aromatic heterocycles. The molecule has 0 aliphatic heterocycles. The van der Waals surface area contributed by atoms with Crippen LogP contribution < -0.4 is 14.9 Å². The van der Waals surface area contributed by atoms with Crippen LogP contribution in [0.3, 0.4) is 0 Å². The molecule has 0 aliphatic carbocycles. The van der Waals surface area contributed by atoms with Gasteiger partial charge in [-0.15, -0.1) is 0 Å². The van der Waals surface area contributed by atoms with Crippen LogP contribution in [-0.2, 0) is 57.0 Å². The summed E-state index contributed by atoms with van der Waals surface area (Å²) in [6.45, 7) is 3.89. The molecule has 0 aliphatic rings. The van der Waals surface area contributed by atoms with Gasteiger partial charge in [0.15, 0.2) is 6.10 Å². The number of rotatable bonds is 20. The predicted octanol–water partition coefficient (Wildman–Crippen LogP) is -1.54. The highest BCUT2D eigenvalue weighted by atomic mass is 32.2. The Kier molecular flexibility index (Phi) is 16.9. The first-order chi connectivity index (χ1) is 16.2. The van der Waals surface area contributed by atoms with Gasteiger partial charge < -0.3 is 38.2 Å². The fraction of sp³-hybridized carbons (Fsp3) is 0.833. The molecule has 1 amide bonds. The van der Waals surface area contributed by atoms with Crippen LogP contribution in [0.2, 0.25) is 0 Å². The zero-order chi connectivity index (χ0) is 26.9. The van der Waals surface area contributed by atoms with E-state index in [0.29, 0.717) is 0 Å². The summed E-state index contributed by atoms with van der Waals surface area (Å²) in [6, 6.07) is 0. The molecule has 0 fully saturated rings. The van der Waals surface area contributed by atoms with Gasteiger partial charge in [-0.05, 0) is 13.8 Å². The molecule has 0 aromatic carbocycles. The molecule has 2 N–H and O–H groups in total. The van der Waals surface area contributed by atoms with Gasteiger partial charge in [-0.1, -0.05) is 0 Å². The van der Waals surface area contributed by atoms with Gasteiger partial charge in [0, 0.05) is 26.9 Å². The number of ether oxygens (including phenoxy) is 4. The van der Waals surface area contributed by atoms with Crippen molar-refractivity contribution in [1.29, 1.82) is 0 Å². The van der Waals surface area contributed by atoms with Crippen molar-refractivity contribution in [2.45, 2.75) is 39.0 Å². The Morgan fingerprint density at radius 1 is 0.914 bits per heavy atom. The van der Waals surface area contributed by atoms with Crippen LogP contribution in [0.25, 0.3) is 0 Å². The van der Waals surface area contributed by atoms with E-state index in [1.54, 1.807) is 13.8 Å². The molecule has 0 heterocycles. The number of carbonyl (C=O) groups excluding carboxylic acids is 3. The van der Waals surface area contributed by atoms with Crippen LogP contribution in [0, 0.1) is 0 Å². The van der Waals surface area contributed by atoms with E-state index in [1.165, 1.54) is 0 Å². The van der Waals surface area contributed by atoms with Crippen molar-refractivity contribution in [3.8, 4) is 0 Å². The van der Waals surface area contributed by atoms with E-state index in [9.17, 15) is 32.3 Å². The average molecular weight is 550 g/mol. The number of sulfonamides is 1. The lowest BCUT2D eigenvalue weighted by Gasteiger charge is -2.25. The second-order valence-corrected chi connectivity index (χ2v) is 10.8. The lowest BCUT2D eigenvalue weighted by Crippen LogP contribution is -2.33. The summed E-state index contributed by atoms with van der Waals surface area (Å²) >= 11 is 0. The van der Waals surface area contributed by atoms with Crippen LogP contribution in [0.15, 0.2) is 0 Å². The van der Waals surface area contributed by atoms with Crippen LogP contribution in [0.4, 0.5) is 0 Å². The number of phosphoric acid groups is 1. The van der Waals surface area contributed by atoms with Crippen molar-refractivity contribution >= 4 is 35.7 Å². The Morgan fingerprint density at radius 2 is 1.57 bits per heavy atom. The summed E-state index contributed by atoms with van der Waals surface area (Å²) in [4.78, 5) is 45.3. The van der Waals surface area contributed by atoms with Gasteiger partial charge in [-0.25, -0.2) is 13.1 Å². The molecule has 0 spiro atoms. The van der Waals surface area contributed by atoms with Gasteiger partial charge in [0.1, 0.15) is 13.2 Å². The molecule has 0 radical (unpaired) electrons. The van der Waals surface area contributed by atoms with Gasteiger partial charge in [0.05, 0.1) is 38.3 Å². The molecule has 17 heteroatoms. The van der Waals surface area contributed by atoms with Gasteiger partial charge >= 0.3 is 11.9 Å². The smallest absolute Gasteiger partial charge is 0.303 e. The Labute approximate surface area is 204 Å². The lowest BCUT2D eigenvalue weighted by atomic mass is 10.4. The van der Waals surface area contributed by atoms with E-state index in [4.69, 9.17) is 14.2 Å². The average Bonchev–Trinajstić information content (AvgIpc) is 2.74. The molecule has 0 saturated heterocycles. The number of nitrogens with one attached hydrogen (secondary N) is 2. The molecule has 0 bridgehead atoms. The standard InChI is InChI=1S/C18H35N2O13PS/c1-14(2)35(26,27)20-6-7-28-9-10-29-13-18(23)19-5-8-31-34(24,25)32-12-17(33-16(4)22)11-30-15(3)21/h14,17,20H,5-13H2,1-4H3,(H,19,23)(H,24,25)/p-1/t17-/m1/s1. The third-order valence-electron chi connectivity index (χ3n) is 3.67. The fourth-order valence-corrected chi connectivity index (χ4v) is 3.42. The Bertz CT molecular complexity index is 806. The highest BCUT2D eigenvalue weighted by Crippen LogP contribution is 2.38. The maximum Gasteiger partial charge on any atom is 0.303 e. The van der Waals surface area contributed by atoms with Crippen molar-refractivity contribution in [1.82, 2.24) is 10.0 Å². The third kappa shape index (κ3) is 19.2. The van der Waals surface area contributed by atoms with Crippen molar-refractivity contribution in [3.05, 3.63) is 0 Å². The minimum Gasteiger partial charge on any atom is -0.756 e. The molecule has 0 aromatic rings. The highest BCUT2D eigenvalue weighted by molar-refractivity contribution is 7.90. The van der Waals surface area contributed by atoms with Crippen molar-refractivity contribution < 1.29 is 60.3 Å². The first-order valence-electron chi connectivity index (χ1n) is 10.6. The molecule has 206 valence electrons. The quantitative estimate of drug-likeness (QED) is 0.100. The van der Waals surface area contributed by atoms with Crippen molar-refractivity contribution in [2.75, 3.05) is 59.3 Å². The van der Waals surface area contributed by atoms with E-state index < -0.39 is 66.9 Å². The van der Waals surface area contributed by atoms with E-state index >= 15 is 0 Å². The zero-order valence-corrected chi connectivity index (χ0v) is 21.9. The molecule has 2 atom stereocenters. The minimum atomic E-state index is -4.78. The first-order valence-corrected chi connectivity index (χ1v) is 13.6. The normalized spacial score (nSPS) is 14.2. The SMILES string of the molecule is CC(=O)OC[C@H](COP(=O)([O-])OCCNC(=O)COCCOCCNS(=O)(=O)C(C)C)OC(C)=O. The minimum absolute atomic E-state index is 0.0846. The van der Waals surface area contributed by atoms with Crippen LogP contribution in [-0.4, -0.2) is 97.0 Å². The van der Waals surface area contributed by atoms with Gasteiger partial charge in [0.25, 0.3) is 7.82 Å². The molecule has 0 saturated carbocycles. The zero-order valence-electron chi connectivity index (χ0n) is 20.2. The molecule has 1 unspecified atom stereocenters. The Morgan fingerprint density at radius 3 is 2.17 bits per heavy atom. The number of hydrogen-bond acceptors (Lipinski definition) is 13. The van der Waals surface area contributed by atoms with Crippen LogP contribution in [0.5, 0.6) is 0 Å². The van der Waals surface area contributed by atoms with Crippen LogP contribution >= 0.6 is 7.82 Å². The highest BCUT2D eigenvalue weighted by Gasteiger charge is 2.19. The van der Waals surface area contributed by atoms with E-state index in [-0.39, 0.29) is 39.5 Å². The molecular weight excluding hydrogens is 515 g/mol. The Hall–Kier alpha value is -1.65. The summed E-state index contributed by atoms with van der Waals surface area (Å²) in [5, 5.41) is 1.83. The predicted molar refractivity (Wildman–Crippen MR) is 118 cm³/mol. The number of amides is 1. The second kappa shape index (κ2) is 17.7. The number of esters is 2. The maximum absolute atomic E-state index is 11.8. The van der Waals surface area contributed by atoms with Crippen LogP contribution in [0.1, 0.15) is 27.7 Å². The monoisotopic (exact) mass is 549 g/mol. The molecule has 0 rings (SSSR count). The van der Waals surface area contributed by atoms with Gasteiger partial charge in [0.2, 0.25) is 15.9 Å². The topological polar surface area (TPSA) is 205 Å². The number of hydrogen-bond donors (Lipinski definition) is 2. The van der Waals surface area contributed by atoms with Crippen molar-refractivity contribution in [3.63, 3.8) is 0 Å². The molecule has 35 heavy (non-hydrogen) atoms. The summed E-state index contributed by atoms with van der Waals surface area (Å²) in [5.74, 6) is -1.91. The number of carbonyl (C=O) groups is 3. The summed E-state index contributed by atoms with van der Waals surface area (Å²) in [7, 11) is -8.12. The summed E-state index contributed by atoms with van der Waals surface area (Å²) < 4.78 is 66.1. The number of phosphoric ester groups is 1. The maximum atomic E-state index is 11.8. The Balaban J connectivity index is 3.93. The lowest BCUT2D eigenvalue weighted by molar-refractivity contribution is -0.228. The summed E-state index contributed by atoms with van der Waals surface area (Å²) in [6.07, 6.45) is -1.15. The molecule has 15 nitrogen and oxygen atoms in total. The van der Waals surface area contributed by atoms with Crippen molar-refractivity contribution in [2.24, 2.45) is 0 Å². The van der Waals surface area contributed by atoms with E-state index in [1.807, 2.05) is 0 Å². The van der Waals surface area contributed by atoms with E-state index in [0.717, 1.165) is 13.8 Å². The third-order valence-corrected chi connectivity index (χ3v) is 6.48. The molecular formula is C18H34N2O13PS-. The van der Waals surface area contributed by atoms with E-state index in [2.05, 4.69) is 23.8 Å². The van der Waals surface area contributed by atoms with Gasteiger partial charge in [-0.2, -0.15) is 0 Å².